The van der Waals surface area contributed by atoms with Crippen molar-refractivity contribution in [1.82, 2.24) is 4.90 Å². The first-order chi connectivity index (χ1) is 33.5. The molecule has 2 saturated heterocycles. The SMILES string of the molecule is CCOP(C)(=O)O[C@@H]1CC[C@@H](C[C@@H](C)[C@@H]2CC(=O)[C@H](C)/C=C(\C)[C@@H](O)[C@@H](OC)C(=O)[C@H](C)C[C@H](C)/C=C/C=C/C=C(\C)[C@@H](OC)C[C@@H]3CC[C@@H](C)C(O)(O3)C(=O)C(=O)N3CCCCC3C(=O)O2)C[C@H]1OC. The van der Waals surface area contributed by atoms with Crippen molar-refractivity contribution in [3.63, 3.8) is 0 Å². The van der Waals surface area contributed by atoms with Crippen molar-refractivity contribution in [3.05, 3.63) is 47.6 Å². The van der Waals surface area contributed by atoms with Crippen LogP contribution < -0.4 is 0 Å². The molecule has 16 nitrogen and oxygen atoms in total. The van der Waals surface area contributed by atoms with Crippen LogP contribution in [0.5, 0.6) is 0 Å². The largest absolute Gasteiger partial charge is 0.460 e. The average Bonchev–Trinajstić information content (AvgIpc) is 3.33. The van der Waals surface area contributed by atoms with E-state index in [0.717, 1.165) is 5.57 Å². The number of fused-ring (bicyclic) bond motifs is 3. The molecule has 17 heteroatoms. The van der Waals surface area contributed by atoms with E-state index in [2.05, 4.69) is 0 Å². The minimum Gasteiger partial charge on any atom is -0.460 e. The number of hydrogen-bond acceptors (Lipinski definition) is 15. The fourth-order valence-corrected chi connectivity index (χ4v) is 12.0. The summed E-state index contributed by atoms with van der Waals surface area (Å²) in [6.07, 6.45) is 10.8. The average molecular weight is 1020 g/mol. The molecular weight excluding hydrogens is 934 g/mol. The van der Waals surface area contributed by atoms with Crippen LogP contribution in [0.15, 0.2) is 47.6 Å². The number of amides is 1. The molecular formula is C54H86NO15P. The molecule has 2 N–H and O–H groups in total. The molecule has 0 radical (unpaired) electrons. The van der Waals surface area contributed by atoms with Crippen molar-refractivity contribution < 1.29 is 71.5 Å². The molecule has 0 aromatic carbocycles. The number of carbonyl (C=O) groups is 5. The number of cyclic esters (lactones) is 1. The van der Waals surface area contributed by atoms with Gasteiger partial charge in [0.25, 0.3) is 11.7 Å². The Morgan fingerprint density at radius 2 is 1.59 bits per heavy atom. The molecule has 4 aliphatic rings. The fourth-order valence-electron chi connectivity index (χ4n) is 10.7. The number of hydrogen-bond donors (Lipinski definition) is 2. The highest BCUT2D eigenvalue weighted by Crippen LogP contribution is 2.48. The van der Waals surface area contributed by atoms with Crippen molar-refractivity contribution in [1.29, 1.82) is 0 Å². The standard InChI is InChI=1S/C54H86NO15P/c1-13-67-71(12,63)70-44-25-23-40(30-47(44)65-10)29-36(5)46-32-43(56)35(4)28-38(7)49(58)50(66-11)48(57)37(6)27-33(2)19-15-14-16-20-34(3)45(64-9)31-41-24-22-39(8)54(62,69-41)51(59)52(60)55-26-18-17-21-42(55)53(61)68-46/h14-16,19-20,28,33,35-37,39-42,44-47,49-50,58,62H,13,17-18,21-27,29-32H2,1-12H3/b16-14+,19-15+,34-20+,38-28+/t33-,35-,36-,37-,39-,40+,41+,42?,44-,45+,46+,47-,49-,50+,54?,71?/m1/s1. The lowest BCUT2D eigenvalue weighted by Gasteiger charge is -2.42. The van der Waals surface area contributed by atoms with Gasteiger partial charge in [0.05, 0.1) is 31.0 Å². The number of methoxy groups -OCH3 is 3. The van der Waals surface area contributed by atoms with Gasteiger partial charge in [-0.2, -0.15) is 0 Å². The maximum atomic E-state index is 14.5. The summed E-state index contributed by atoms with van der Waals surface area (Å²) in [6, 6.07) is -1.17. The van der Waals surface area contributed by atoms with Crippen molar-refractivity contribution >= 4 is 36.8 Å². The second-order valence-corrected chi connectivity index (χ2v) is 22.9. The molecule has 3 heterocycles. The van der Waals surface area contributed by atoms with Crippen LogP contribution in [-0.4, -0.2) is 140 Å². The third-order valence-corrected chi connectivity index (χ3v) is 16.5. The highest BCUT2D eigenvalue weighted by molar-refractivity contribution is 7.53. The number of Topliss-reactive ketones (excluding diaryl/α,β-unsaturated/α-hetero) is 3. The first-order valence-electron chi connectivity index (χ1n) is 25.9. The lowest BCUT2D eigenvalue weighted by atomic mass is 9.78. The lowest BCUT2D eigenvalue weighted by Crippen LogP contribution is -2.61. The van der Waals surface area contributed by atoms with Crippen molar-refractivity contribution in [2.24, 2.45) is 35.5 Å². The van der Waals surface area contributed by atoms with E-state index >= 15 is 0 Å². The Kier molecular flexibility index (Phi) is 23.7. The predicted molar refractivity (Wildman–Crippen MR) is 269 cm³/mol. The Balaban J connectivity index is 1.70. The van der Waals surface area contributed by atoms with E-state index in [0.29, 0.717) is 69.8 Å². The van der Waals surface area contributed by atoms with Gasteiger partial charge < -0.3 is 47.8 Å². The summed E-state index contributed by atoms with van der Waals surface area (Å²) in [4.78, 5) is 72.4. The predicted octanol–water partition coefficient (Wildman–Crippen LogP) is 8.06. The summed E-state index contributed by atoms with van der Waals surface area (Å²) in [6.45, 7) is 16.1. The number of carbonyl (C=O) groups excluding carboxylic acids is 5. The van der Waals surface area contributed by atoms with E-state index in [1.54, 1.807) is 48.0 Å². The molecule has 1 saturated carbocycles. The van der Waals surface area contributed by atoms with E-state index < -0.39 is 97.6 Å². The summed E-state index contributed by atoms with van der Waals surface area (Å²) in [5, 5.41) is 23.5. The van der Waals surface area contributed by atoms with Crippen LogP contribution in [0.1, 0.15) is 132 Å². The van der Waals surface area contributed by atoms with Gasteiger partial charge in [0.2, 0.25) is 5.79 Å². The van der Waals surface area contributed by atoms with E-state index in [1.807, 2.05) is 58.1 Å². The van der Waals surface area contributed by atoms with Gasteiger partial charge in [-0.15, -0.1) is 0 Å². The Bertz CT molecular complexity index is 1980. The van der Waals surface area contributed by atoms with E-state index in [9.17, 15) is 38.8 Å². The minimum atomic E-state index is -3.32. The van der Waals surface area contributed by atoms with Crippen LogP contribution in [0.2, 0.25) is 0 Å². The van der Waals surface area contributed by atoms with Gasteiger partial charge in [0, 0.05) is 65.1 Å². The molecule has 3 unspecified atom stereocenters. The third-order valence-electron chi connectivity index (χ3n) is 15.1. The number of allylic oxidation sites excluding steroid dienone is 6. The molecule has 3 aliphatic heterocycles. The van der Waals surface area contributed by atoms with Gasteiger partial charge in [-0.05, 0) is 114 Å². The number of aliphatic hydroxyl groups excluding tert-OH is 1. The molecule has 1 amide bonds. The Hall–Kier alpha value is -3.18. The minimum absolute atomic E-state index is 0.00668. The molecule has 402 valence electrons. The maximum Gasteiger partial charge on any atom is 0.329 e. The Morgan fingerprint density at radius 3 is 2.25 bits per heavy atom. The van der Waals surface area contributed by atoms with Gasteiger partial charge in [0.1, 0.15) is 30.1 Å². The molecule has 16 atom stereocenters. The molecule has 0 aromatic rings. The third kappa shape index (κ3) is 16.7. The molecule has 0 aromatic heterocycles. The zero-order valence-corrected chi connectivity index (χ0v) is 45.4. The van der Waals surface area contributed by atoms with Crippen LogP contribution in [0, 0.1) is 35.5 Å². The first kappa shape index (κ1) is 60.4. The maximum absolute atomic E-state index is 14.5. The number of ketones is 3. The number of rotatable bonds is 10. The van der Waals surface area contributed by atoms with Crippen LogP contribution in [0.25, 0.3) is 0 Å². The van der Waals surface area contributed by atoms with Gasteiger partial charge >= 0.3 is 13.6 Å². The summed E-state index contributed by atoms with van der Waals surface area (Å²) >= 11 is 0. The highest BCUT2D eigenvalue weighted by atomic mass is 31.2. The van der Waals surface area contributed by atoms with Crippen molar-refractivity contribution in [2.45, 2.75) is 187 Å². The summed E-state index contributed by atoms with van der Waals surface area (Å²) in [5.74, 6) is -8.26. The molecule has 71 heavy (non-hydrogen) atoms. The number of nitrogens with zero attached hydrogens (tertiary/aromatic N) is 1. The van der Waals surface area contributed by atoms with Gasteiger partial charge in [0.15, 0.2) is 5.78 Å². The highest BCUT2D eigenvalue weighted by Gasteiger charge is 2.53. The number of aliphatic hydroxyl groups is 2. The smallest absolute Gasteiger partial charge is 0.329 e. The van der Waals surface area contributed by atoms with Gasteiger partial charge in [-0.25, -0.2) is 4.79 Å². The van der Waals surface area contributed by atoms with Crippen LogP contribution in [-0.2, 0) is 61.3 Å². The van der Waals surface area contributed by atoms with Gasteiger partial charge in [-0.3, -0.25) is 23.7 Å². The summed E-state index contributed by atoms with van der Waals surface area (Å²) in [5.41, 5.74) is 1.24. The van der Waals surface area contributed by atoms with Crippen molar-refractivity contribution in [3.8, 4) is 0 Å². The molecule has 2 bridgehead atoms. The lowest BCUT2D eigenvalue weighted by molar-refractivity contribution is -0.265. The monoisotopic (exact) mass is 1020 g/mol. The quantitative estimate of drug-likeness (QED) is 0.0917. The fraction of sp³-hybridized carbons (Fsp3) is 0.759. The first-order valence-corrected chi connectivity index (χ1v) is 27.9. The van der Waals surface area contributed by atoms with Crippen LogP contribution >= 0.6 is 7.60 Å². The summed E-state index contributed by atoms with van der Waals surface area (Å²) < 4.78 is 54.0. The second kappa shape index (κ2) is 27.9. The van der Waals surface area contributed by atoms with Crippen LogP contribution in [0.3, 0.4) is 0 Å². The topological polar surface area (TPSA) is 211 Å². The second-order valence-electron chi connectivity index (χ2n) is 20.9. The van der Waals surface area contributed by atoms with E-state index in [4.69, 9.17) is 32.7 Å². The zero-order chi connectivity index (χ0) is 52.8. The summed E-state index contributed by atoms with van der Waals surface area (Å²) in [7, 11) is 1.20. The Labute approximate surface area is 423 Å². The molecule has 0 spiro atoms. The molecule has 3 fully saturated rings. The number of piperidine rings is 1. The van der Waals surface area contributed by atoms with E-state index in [1.165, 1.54) is 18.7 Å². The zero-order valence-electron chi connectivity index (χ0n) is 44.5. The van der Waals surface area contributed by atoms with E-state index in [-0.39, 0.29) is 55.3 Å². The molecule has 4 rings (SSSR count). The number of esters is 1. The van der Waals surface area contributed by atoms with Gasteiger partial charge in [-0.1, -0.05) is 71.1 Å². The number of ether oxygens (including phenoxy) is 5. The normalized spacial score (nSPS) is 38.9. The van der Waals surface area contributed by atoms with Crippen LogP contribution in [0.4, 0.5) is 0 Å². The molecule has 1 aliphatic carbocycles. The van der Waals surface area contributed by atoms with Crippen molar-refractivity contribution in [2.75, 3.05) is 41.1 Å². The Morgan fingerprint density at radius 1 is 0.873 bits per heavy atom.